The molecular formula is C4H8N2OS. The number of primary amides is 1. The van der Waals surface area contributed by atoms with Crippen molar-refractivity contribution in [1.29, 1.82) is 0 Å². The summed E-state index contributed by atoms with van der Waals surface area (Å²) >= 11 is 1.24. The standard InChI is InChI=1S/C4H8N2OS/c1-8-3(2-5)4(6)7/h2H,5H2,1H3,(H2,6,7)/b3-2-. The second kappa shape index (κ2) is 3.37. The van der Waals surface area contributed by atoms with E-state index in [1.807, 2.05) is 0 Å². The van der Waals surface area contributed by atoms with Gasteiger partial charge in [0.05, 0.1) is 4.91 Å². The predicted molar refractivity (Wildman–Crippen MR) is 35.0 cm³/mol. The molecule has 0 radical (unpaired) electrons. The van der Waals surface area contributed by atoms with Crippen LogP contribution in [0.5, 0.6) is 0 Å². The molecule has 8 heavy (non-hydrogen) atoms. The van der Waals surface area contributed by atoms with E-state index >= 15 is 0 Å². The fourth-order valence-electron chi connectivity index (χ4n) is 0.251. The summed E-state index contributed by atoms with van der Waals surface area (Å²) < 4.78 is 0. The molecule has 1 amide bonds. The first kappa shape index (κ1) is 7.36. The van der Waals surface area contributed by atoms with Crippen LogP contribution in [0.1, 0.15) is 0 Å². The zero-order chi connectivity index (χ0) is 6.57. The molecule has 3 nitrogen and oxygen atoms in total. The highest BCUT2D eigenvalue weighted by molar-refractivity contribution is 8.03. The Labute approximate surface area is 52.1 Å². The summed E-state index contributed by atoms with van der Waals surface area (Å²) in [7, 11) is 0. The monoisotopic (exact) mass is 132 g/mol. The lowest BCUT2D eigenvalue weighted by Crippen LogP contribution is -2.12. The molecule has 0 heterocycles. The normalized spacial score (nSPS) is 11.4. The Morgan fingerprint density at radius 1 is 1.75 bits per heavy atom. The summed E-state index contributed by atoms with van der Waals surface area (Å²) in [5.41, 5.74) is 9.85. The molecule has 0 unspecified atom stereocenters. The molecule has 4 heteroatoms. The van der Waals surface area contributed by atoms with Crippen LogP contribution >= 0.6 is 11.8 Å². The average Bonchev–Trinajstić information content (AvgIpc) is 1.69. The van der Waals surface area contributed by atoms with Crippen LogP contribution in [0, 0.1) is 0 Å². The Kier molecular flexibility index (Phi) is 3.10. The van der Waals surface area contributed by atoms with Gasteiger partial charge in [0, 0.05) is 6.20 Å². The topological polar surface area (TPSA) is 69.1 Å². The maximum Gasteiger partial charge on any atom is 0.256 e. The molecule has 0 spiro atoms. The van der Waals surface area contributed by atoms with Crippen LogP contribution in [0.15, 0.2) is 11.1 Å². The molecule has 0 saturated carbocycles. The van der Waals surface area contributed by atoms with Crippen LogP contribution in [0.2, 0.25) is 0 Å². The average molecular weight is 132 g/mol. The molecule has 4 N–H and O–H groups in total. The van der Waals surface area contributed by atoms with E-state index in [0.717, 1.165) is 0 Å². The van der Waals surface area contributed by atoms with Gasteiger partial charge in [0.15, 0.2) is 0 Å². The smallest absolute Gasteiger partial charge is 0.256 e. The van der Waals surface area contributed by atoms with Gasteiger partial charge in [-0.05, 0) is 6.26 Å². The highest BCUT2D eigenvalue weighted by Gasteiger charge is 1.98. The second-order valence-corrected chi connectivity index (χ2v) is 1.95. The Morgan fingerprint density at radius 2 is 2.25 bits per heavy atom. The van der Waals surface area contributed by atoms with Gasteiger partial charge in [-0.1, -0.05) is 0 Å². The summed E-state index contributed by atoms with van der Waals surface area (Å²) in [5, 5.41) is 0. The quantitative estimate of drug-likeness (QED) is 0.504. The van der Waals surface area contributed by atoms with Crippen molar-refractivity contribution in [3.63, 3.8) is 0 Å². The lowest BCUT2D eigenvalue weighted by molar-refractivity contribution is -0.113. The number of nitrogens with two attached hydrogens (primary N) is 2. The number of hydrogen-bond acceptors (Lipinski definition) is 3. The highest BCUT2D eigenvalue weighted by atomic mass is 32.2. The Hall–Kier alpha value is -0.640. The van der Waals surface area contributed by atoms with Crippen LogP contribution in [-0.4, -0.2) is 12.2 Å². The van der Waals surface area contributed by atoms with E-state index < -0.39 is 5.91 Å². The zero-order valence-electron chi connectivity index (χ0n) is 4.55. The van der Waals surface area contributed by atoms with Crippen molar-refractivity contribution in [2.45, 2.75) is 0 Å². The summed E-state index contributed by atoms with van der Waals surface area (Å²) in [6, 6.07) is 0. The molecule has 0 atom stereocenters. The Balaban J connectivity index is 3.92. The molecule has 0 aliphatic carbocycles. The van der Waals surface area contributed by atoms with Gasteiger partial charge < -0.3 is 11.5 Å². The molecule has 0 bridgehead atoms. The lowest BCUT2D eigenvalue weighted by atomic mass is 10.6. The first-order chi connectivity index (χ1) is 3.72. The molecule has 0 saturated heterocycles. The van der Waals surface area contributed by atoms with Crippen molar-refractivity contribution < 1.29 is 4.79 Å². The van der Waals surface area contributed by atoms with Gasteiger partial charge in [0.2, 0.25) is 0 Å². The third-order valence-corrected chi connectivity index (χ3v) is 1.39. The minimum Gasteiger partial charge on any atom is -0.404 e. The second-order valence-electron chi connectivity index (χ2n) is 1.10. The van der Waals surface area contributed by atoms with Gasteiger partial charge in [-0.25, -0.2) is 0 Å². The van der Waals surface area contributed by atoms with Crippen molar-refractivity contribution in [2.75, 3.05) is 6.26 Å². The van der Waals surface area contributed by atoms with Crippen molar-refractivity contribution in [3.8, 4) is 0 Å². The van der Waals surface area contributed by atoms with Gasteiger partial charge in [-0.3, -0.25) is 4.79 Å². The SMILES string of the molecule is CS/C(=C\N)C(N)=O. The molecule has 0 aromatic rings. The van der Waals surface area contributed by atoms with Gasteiger partial charge in [-0.2, -0.15) is 0 Å². The lowest BCUT2D eigenvalue weighted by Gasteiger charge is -1.91. The molecule has 46 valence electrons. The number of thioether (sulfide) groups is 1. The van der Waals surface area contributed by atoms with Gasteiger partial charge in [-0.15, -0.1) is 11.8 Å². The van der Waals surface area contributed by atoms with Crippen molar-refractivity contribution >= 4 is 17.7 Å². The molecule has 0 fully saturated rings. The number of hydrogen-bond donors (Lipinski definition) is 2. The number of rotatable bonds is 2. The van der Waals surface area contributed by atoms with Gasteiger partial charge in [0.25, 0.3) is 5.91 Å². The van der Waals surface area contributed by atoms with Crippen LogP contribution in [0.4, 0.5) is 0 Å². The van der Waals surface area contributed by atoms with E-state index in [4.69, 9.17) is 11.5 Å². The molecule has 0 rings (SSSR count). The first-order valence-corrected chi connectivity index (χ1v) is 3.20. The Bertz CT molecular complexity index is 121. The van der Waals surface area contributed by atoms with Crippen molar-refractivity contribution in [1.82, 2.24) is 0 Å². The summed E-state index contributed by atoms with van der Waals surface area (Å²) in [4.78, 5) is 10.6. The third kappa shape index (κ3) is 1.88. The summed E-state index contributed by atoms with van der Waals surface area (Å²) in [6.07, 6.45) is 2.94. The zero-order valence-corrected chi connectivity index (χ0v) is 5.37. The number of amides is 1. The van der Waals surface area contributed by atoms with Crippen LogP contribution < -0.4 is 11.5 Å². The molecule has 0 aromatic heterocycles. The fraction of sp³-hybridized carbons (Fsp3) is 0.250. The summed E-state index contributed by atoms with van der Waals surface area (Å²) in [6.45, 7) is 0. The minimum absolute atomic E-state index is 0.394. The van der Waals surface area contributed by atoms with Gasteiger partial charge >= 0.3 is 0 Å². The minimum atomic E-state index is -0.472. The van der Waals surface area contributed by atoms with Gasteiger partial charge in [0.1, 0.15) is 0 Å². The van der Waals surface area contributed by atoms with Crippen LogP contribution in [0.3, 0.4) is 0 Å². The summed E-state index contributed by atoms with van der Waals surface area (Å²) in [5.74, 6) is -0.472. The van der Waals surface area contributed by atoms with E-state index in [2.05, 4.69) is 0 Å². The van der Waals surface area contributed by atoms with E-state index in [0.29, 0.717) is 4.91 Å². The molecule has 0 aliphatic rings. The molecular weight excluding hydrogens is 124 g/mol. The van der Waals surface area contributed by atoms with Crippen molar-refractivity contribution in [3.05, 3.63) is 11.1 Å². The number of carbonyl (C=O) groups is 1. The van der Waals surface area contributed by atoms with E-state index in [1.165, 1.54) is 18.0 Å². The number of carbonyl (C=O) groups excluding carboxylic acids is 1. The third-order valence-electron chi connectivity index (χ3n) is 0.614. The Morgan fingerprint density at radius 3 is 2.25 bits per heavy atom. The fourth-order valence-corrected chi connectivity index (χ4v) is 0.588. The van der Waals surface area contributed by atoms with Crippen LogP contribution in [0.25, 0.3) is 0 Å². The largest absolute Gasteiger partial charge is 0.404 e. The maximum atomic E-state index is 10.2. The van der Waals surface area contributed by atoms with Crippen molar-refractivity contribution in [2.24, 2.45) is 11.5 Å². The predicted octanol–water partition coefficient (Wildman–Crippen LogP) is -0.365. The van der Waals surface area contributed by atoms with E-state index in [9.17, 15) is 4.79 Å². The molecule has 0 aromatic carbocycles. The molecule has 0 aliphatic heterocycles. The first-order valence-electron chi connectivity index (χ1n) is 1.98. The van der Waals surface area contributed by atoms with E-state index in [1.54, 1.807) is 6.26 Å². The maximum absolute atomic E-state index is 10.2. The van der Waals surface area contributed by atoms with E-state index in [-0.39, 0.29) is 0 Å². The highest BCUT2D eigenvalue weighted by Crippen LogP contribution is 2.06. The van der Waals surface area contributed by atoms with Crippen LogP contribution in [-0.2, 0) is 4.79 Å².